The number of aliphatic hydroxyl groups is 1. The third-order valence-electron chi connectivity index (χ3n) is 3.18. The van der Waals surface area contributed by atoms with Crippen molar-refractivity contribution in [1.29, 1.82) is 0 Å². The molecule has 0 fully saturated rings. The average molecular weight is 276 g/mol. The maximum atomic E-state index is 9.76. The van der Waals surface area contributed by atoms with Gasteiger partial charge in [-0.05, 0) is 26.0 Å². The molecule has 108 valence electrons. The van der Waals surface area contributed by atoms with Crippen LogP contribution in [-0.2, 0) is 6.54 Å². The summed E-state index contributed by atoms with van der Waals surface area (Å²) in [6, 6.07) is 5.43. The molecular weight excluding hydrogens is 256 g/mol. The van der Waals surface area contributed by atoms with Gasteiger partial charge in [-0.15, -0.1) is 0 Å². The molecule has 1 N–H and O–H groups in total. The topological polar surface area (TPSA) is 56.5 Å². The second-order valence-electron chi connectivity index (χ2n) is 4.60. The van der Waals surface area contributed by atoms with Gasteiger partial charge in [0.2, 0.25) is 0 Å². The Morgan fingerprint density at radius 3 is 2.80 bits per heavy atom. The number of hydrogen-bond donors (Lipinski definition) is 1. The highest BCUT2D eigenvalue weighted by Gasteiger charge is 2.10. The van der Waals surface area contributed by atoms with Crippen molar-refractivity contribution >= 4 is 0 Å². The van der Waals surface area contributed by atoms with Gasteiger partial charge in [-0.2, -0.15) is 0 Å². The van der Waals surface area contributed by atoms with E-state index < -0.39 is 6.10 Å². The summed E-state index contributed by atoms with van der Waals surface area (Å²) in [5.41, 5.74) is 0.758. The molecule has 2 aromatic rings. The van der Waals surface area contributed by atoms with Crippen LogP contribution in [0, 0.1) is 6.92 Å². The van der Waals surface area contributed by atoms with E-state index in [1.807, 2.05) is 29.8 Å². The number of aliphatic hydroxyl groups excluding tert-OH is 1. The van der Waals surface area contributed by atoms with Gasteiger partial charge in [0.1, 0.15) is 23.9 Å². The molecule has 5 nitrogen and oxygen atoms in total. The van der Waals surface area contributed by atoms with E-state index in [-0.39, 0.29) is 0 Å². The summed E-state index contributed by atoms with van der Waals surface area (Å²) in [5.74, 6) is 2.32. The molecule has 1 heterocycles. The quantitative estimate of drug-likeness (QED) is 0.879. The van der Waals surface area contributed by atoms with Crippen LogP contribution in [0.3, 0.4) is 0 Å². The zero-order valence-electron chi connectivity index (χ0n) is 12.0. The Morgan fingerprint density at radius 1 is 1.40 bits per heavy atom. The molecule has 20 heavy (non-hydrogen) atoms. The summed E-state index contributed by atoms with van der Waals surface area (Å²) in [6.07, 6.45) is 3.10. The van der Waals surface area contributed by atoms with E-state index in [0.717, 1.165) is 11.4 Å². The first kappa shape index (κ1) is 14.4. The van der Waals surface area contributed by atoms with Crippen molar-refractivity contribution < 1.29 is 14.6 Å². The number of aryl methyl sites for hydroxylation is 1. The van der Waals surface area contributed by atoms with Gasteiger partial charge < -0.3 is 19.1 Å². The van der Waals surface area contributed by atoms with E-state index in [1.54, 1.807) is 26.3 Å². The van der Waals surface area contributed by atoms with E-state index in [9.17, 15) is 5.11 Å². The van der Waals surface area contributed by atoms with Crippen molar-refractivity contribution in [3.05, 3.63) is 42.0 Å². The molecule has 0 aliphatic heterocycles. The third-order valence-corrected chi connectivity index (χ3v) is 3.18. The van der Waals surface area contributed by atoms with Crippen molar-refractivity contribution in [2.75, 3.05) is 13.7 Å². The summed E-state index contributed by atoms with van der Waals surface area (Å²) in [6.45, 7) is 4.88. The van der Waals surface area contributed by atoms with Crippen molar-refractivity contribution in [2.45, 2.75) is 26.5 Å². The Hall–Kier alpha value is -2.01. The molecule has 0 amide bonds. The average Bonchev–Trinajstić information content (AvgIpc) is 2.84. The number of aromatic nitrogens is 2. The highest BCUT2D eigenvalue weighted by molar-refractivity contribution is 5.41. The van der Waals surface area contributed by atoms with Gasteiger partial charge in [-0.1, -0.05) is 0 Å². The monoisotopic (exact) mass is 276 g/mol. The molecule has 2 rings (SSSR count). The molecule has 1 aromatic heterocycles. The van der Waals surface area contributed by atoms with Crippen molar-refractivity contribution in [1.82, 2.24) is 9.55 Å². The van der Waals surface area contributed by atoms with Crippen LogP contribution >= 0.6 is 0 Å². The highest BCUT2D eigenvalue weighted by atomic mass is 16.5. The third kappa shape index (κ3) is 3.30. The number of hydrogen-bond acceptors (Lipinski definition) is 4. The number of imidazole rings is 1. The van der Waals surface area contributed by atoms with Crippen LogP contribution in [0.15, 0.2) is 30.6 Å². The van der Waals surface area contributed by atoms with Crippen LogP contribution in [0.1, 0.15) is 24.4 Å². The van der Waals surface area contributed by atoms with Gasteiger partial charge in [0.05, 0.1) is 19.8 Å². The van der Waals surface area contributed by atoms with Gasteiger partial charge >= 0.3 is 0 Å². The standard InChI is InChI=1S/C15H20N2O3/c1-11(18)14-5-4-13(19-3)10-15(14)20-9-8-17-7-6-16-12(17)2/h4-7,10-11,18H,8-9H2,1-3H3/t11-/m0/s1. The molecule has 0 bridgehead atoms. The minimum atomic E-state index is -0.578. The Kier molecular flexibility index (Phi) is 4.63. The molecule has 0 saturated heterocycles. The fourth-order valence-corrected chi connectivity index (χ4v) is 2.01. The second-order valence-corrected chi connectivity index (χ2v) is 4.60. The van der Waals surface area contributed by atoms with Crippen molar-refractivity contribution in [3.63, 3.8) is 0 Å². The molecule has 0 radical (unpaired) electrons. The number of methoxy groups -OCH3 is 1. The fraction of sp³-hybridized carbons (Fsp3) is 0.400. The summed E-state index contributed by atoms with van der Waals surface area (Å²) < 4.78 is 13.0. The van der Waals surface area contributed by atoms with Crippen LogP contribution in [0.5, 0.6) is 11.5 Å². The van der Waals surface area contributed by atoms with Gasteiger partial charge in [0.25, 0.3) is 0 Å². The van der Waals surface area contributed by atoms with Crippen LogP contribution in [-0.4, -0.2) is 28.4 Å². The number of ether oxygens (including phenoxy) is 2. The zero-order chi connectivity index (χ0) is 14.5. The molecule has 0 spiro atoms. The molecule has 0 saturated carbocycles. The highest BCUT2D eigenvalue weighted by Crippen LogP contribution is 2.29. The molecule has 0 aliphatic carbocycles. The molecule has 5 heteroatoms. The van der Waals surface area contributed by atoms with Crippen molar-refractivity contribution in [2.24, 2.45) is 0 Å². The lowest BCUT2D eigenvalue weighted by atomic mass is 10.1. The Balaban J connectivity index is 2.05. The van der Waals surface area contributed by atoms with Gasteiger partial charge in [0.15, 0.2) is 0 Å². The molecule has 1 aromatic carbocycles. The van der Waals surface area contributed by atoms with E-state index in [2.05, 4.69) is 4.98 Å². The lowest BCUT2D eigenvalue weighted by Crippen LogP contribution is -2.10. The fourth-order valence-electron chi connectivity index (χ4n) is 2.01. The predicted octanol–water partition coefficient (Wildman–Crippen LogP) is 2.33. The SMILES string of the molecule is COc1ccc([C@H](C)O)c(OCCn2ccnc2C)c1. The Labute approximate surface area is 118 Å². The minimum absolute atomic E-state index is 0.504. The summed E-state index contributed by atoms with van der Waals surface area (Å²) in [5, 5.41) is 9.76. The van der Waals surface area contributed by atoms with E-state index in [4.69, 9.17) is 9.47 Å². The van der Waals surface area contributed by atoms with Gasteiger partial charge in [-0.25, -0.2) is 4.98 Å². The molecule has 1 atom stereocenters. The lowest BCUT2D eigenvalue weighted by Gasteiger charge is -2.15. The maximum absolute atomic E-state index is 9.76. The van der Waals surface area contributed by atoms with Gasteiger partial charge in [0, 0.05) is 24.0 Å². The van der Waals surface area contributed by atoms with Crippen LogP contribution in [0.2, 0.25) is 0 Å². The smallest absolute Gasteiger partial charge is 0.128 e. The molecular formula is C15H20N2O3. The molecule has 0 unspecified atom stereocenters. The van der Waals surface area contributed by atoms with Gasteiger partial charge in [-0.3, -0.25) is 0 Å². The lowest BCUT2D eigenvalue weighted by molar-refractivity contribution is 0.190. The Bertz CT molecular complexity index is 564. The van der Waals surface area contributed by atoms with E-state index in [1.165, 1.54) is 0 Å². The first-order valence-corrected chi connectivity index (χ1v) is 6.58. The maximum Gasteiger partial charge on any atom is 0.128 e. The number of benzene rings is 1. The largest absolute Gasteiger partial charge is 0.497 e. The van der Waals surface area contributed by atoms with E-state index >= 15 is 0 Å². The summed E-state index contributed by atoms with van der Waals surface area (Å²) >= 11 is 0. The Morgan fingerprint density at radius 2 is 2.20 bits per heavy atom. The van der Waals surface area contributed by atoms with Crippen LogP contribution in [0.25, 0.3) is 0 Å². The summed E-state index contributed by atoms with van der Waals surface area (Å²) in [7, 11) is 1.61. The number of nitrogens with zero attached hydrogens (tertiary/aromatic N) is 2. The predicted molar refractivity (Wildman–Crippen MR) is 76.1 cm³/mol. The number of rotatable bonds is 6. The summed E-state index contributed by atoms with van der Waals surface area (Å²) in [4.78, 5) is 4.16. The second kappa shape index (κ2) is 6.43. The minimum Gasteiger partial charge on any atom is -0.497 e. The normalized spacial score (nSPS) is 12.2. The van der Waals surface area contributed by atoms with E-state index in [0.29, 0.717) is 24.7 Å². The van der Waals surface area contributed by atoms with Crippen molar-refractivity contribution in [3.8, 4) is 11.5 Å². The zero-order valence-corrected chi connectivity index (χ0v) is 12.0. The molecule has 0 aliphatic rings. The van der Waals surface area contributed by atoms with Crippen LogP contribution in [0.4, 0.5) is 0 Å². The first-order valence-electron chi connectivity index (χ1n) is 6.58. The first-order chi connectivity index (χ1) is 9.61. The van der Waals surface area contributed by atoms with Crippen LogP contribution < -0.4 is 9.47 Å².